The number of rotatable bonds is 7. The summed E-state index contributed by atoms with van der Waals surface area (Å²) in [6, 6.07) is 10.4. The number of hydrogen-bond acceptors (Lipinski definition) is 6. The maximum atomic E-state index is 13.1. The van der Waals surface area contributed by atoms with Crippen LogP contribution in [0.3, 0.4) is 0 Å². The molecule has 1 aliphatic rings. The molecule has 0 saturated heterocycles. The minimum absolute atomic E-state index is 0.0578. The highest BCUT2D eigenvalue weighted by atomic mass is 32.2. The van der Waals surface area contributed by atoms with E-state index in [9.17, 15) is 18.0 Å². The molecule has 0 bridgehead atoms. The Balaban J connectivity index is 1.82. The van der Waals surface area contributed by atoms with Crippen molar-refractivity contribution in [3.05, 3.63) is 47.3 Å². The zero-order valence-corrected chi connectivity index (χ0v) is 17.3. The molecule has 1 atom stereocenters. The summed E-state index contributed by atoms with van der Waals surface area (Å²) in [5.41, 5.74) is 1.49. The lowest BCUT2D eigenvalue weighted by Gasteiger charge is -2.19. The van der Waals surface area contributed by atoms with E-state index in [0.29, 0.717) is 5.56 Å². The number of anilines is 1. The SMILES string of the molecule is CN(C)c1ccc([C@H](CNC(=O)C(=O)NC2CC2)S(=O)(=O)c2cccs2)cc1. The standard InChI is InChI=1S/C19H23N3O4S2/c1-22(2)15-9-5-13(6-10-15)16(28(25,26)17-4-3-11-27-17)12-20-18(23)19(24)21-14-7-8-14/h3-6,9-11,14,16H,7-8,12H2,1-2H3,(H,20,23)(H,21,24)/t16-/m0/s1. The third-order valence-electron chi connectivity index (χ3n) is 4.50. The van der Waals surface area contributed by atoms with E-state index >= 15 is 0 Å². The van der Waals surface area contributed by atoms with Crippen molar-refractivity contribution in [2.45, 2.75) is 28.3 Å². The summed E-state index contributed by atoms with van der Waals surface area (Å²) in [7, 11) is 0.0753. The van der Waals surface area contributed by atoms with Crippen molar-refractivity contribution >= 4 is 38.7 Å². The van der Waals surface area contributed by atoms with Crippen LogP contribution in [0.15, 0.2) is 46.0 Å². The highest BCUT2D eigenvalue weighted by molar-refractivity contribution is 7.93. The first-order valence-corrected chi connectivity index (χ1v) is 11.3. The molecule has 2 aromatic rings. The van der Waals surface area contributed by atoms with Crippen LogP contribution < -0.4 is 15.5 Å². The number of amides is 2. The smallest absolute Gasteiger partial charge is 0.309 e. The minimum atomic E-state index is -3.72. The van der Waals surface area contributed by atoms with Crippen LogP contribution in [-0.4, -0.2) is 46.9 Å². The number of carbonyl (C=O) groups is 2. The maximum Gasteiger partial charge on any atom is 0.309 e. The van der Waals surface area contributed by atoms with Gasteiger partial charge in [0, 0.05) is 32.4 Å². The Kier molecular flexibility index (Phi) is 6.04. The van der Waals surface area contributed by atoms with Gasteiger partial charge in [0.15, 0.2) is 9.84 Å². The van der Waals surface area contributed by atoms with Crippen LogP contribution in [0.4, 0.5) is 5.69 Å². The molecule has 0 radical (unpaired) electrons. The molecule has 1 aromatic carbocycles. The van der Waals surface area contributed by atoms with Crippen LogP contribution in [0.2, 0.25) is 0 Å². The fourth-order valence-electron chi connectivity index (χ4n) is 2.70. The summed E-state index contributed by atoms with van der Waals surface area (Å²) >= 11 is 1.13. The van der Waals surface area contributed by atoms with Crippen molar-refractivity contribution in [2.24, 2.45) is 0 Å². The predicted octanol–water partition coefficient (Wildman–Crippen LogP) is 1.72. The fourth-order valence-corrected chi connectivity index (χ4v) is 5.57. The molecule has 1 fully saturated rings. The van der Waals surface area contributed by atoms with Crippen LogP contribution in [0.5, 0.6) is 0 Å². The third kappa shape index (κ3) is 4.71. The molecular weight excluding hydrogens is 398 g/mol. The molecule has 150 valence electrons. The summed E-state index contributed by atoms with van der Waals surface area (Å²) in [6.45, 7) is -0.182. The third-order valence-corrected chi connectivity index (χ3v) is 8.03. The van der Waals surface area contributed by atoms with E-state index in [1.807, 2.05) is 31.1 Å². The molecule has 3 rings (SSSR count). The number of benzene rings is 1. The van der Waals surface area contributed by atoms with Crippen LogP contribution in [0.25, 0.3) is 0 Å². The number of hydrogen-bond donors (Lipinski definition) is 2. The summed E-state index contributed by atoms with van der Waals surface area (Å²) in [4.78, 5) is 25.9. The Labute approximate surface area is 168 Å². The van der Waals surface area contributed by atoms with E-state index < -0.39 is 26.9 Å². The van der Waals surface area contributed by atoms with Crippen molar-refractivity contribution in [1.29, 1.82) is 0 Å². The van der Waals surface area contributed by atoms with Gasteiger partial charge in [0.1, 0.15) is 9.46 Å². The zero-order valence-electron chi connectivity index (χ0n) is 15.7. The van der Waals surface area contributed by atoms with E-state index in [0.717, 1.165) is 29.9 Å². The van der Waals surface area contributed by atoms with Gasteiger partial charge in [0.05, 0.1) is 0 Å². The number of thiophene rings is 1. The Morgan fingerprint density at radius 2 is 1.82 bits per heavy atom. The monoisotopic (exact) mass is 421 g/mol. The number of carbonyl (C=O) groups excluding carboxylic acids is 2. The summed E-state index contributed by atoms with van der Waals surface area (Å²) < 4.78 is 26.5. The van der Waals surface area contributed by atoms with Crippen molar-refractivity contribution in [2.75, 3.05) is 25.5 Å². The predicted molar refractivity (Wildman–Crippen MR) is 109 cm³/mol. The van der Waals surface area contributed by atoms with E-state index in [-0.39, 0.29) is 16.8 Å². The van der Waals surface area contributed by atoms with Gasteiger partial charge >= 0.3 is 11.8 Å². The average molecular weight is 422 g/mol. The van der Waals surface area contributed by atoms with Crippen molar-refractivity contribution < 1.29 is 18.0 Å². The number of nitrogens with one attached hydrogen (secondary N) is 2. The van der Waals surface area contributed by atoms with Gasteiger partial charge in [-0.2, -0.15) is 0 Å². The van der Waals surface area contributed by atoms with E-state index in [1.165, 1.54) is 0 Å². The highest BCUT2D eigenvalue weighted by Gasteiger charge is 2.32. The highest BCUT2D eigenvalue weighted by Crippen LogP contribution is 2.32. The molecule has 1 aromatic heterocycles. The van der Waals surface area contributed by atoms with Gasteiger partial charge in [-0.15, -0.1) is 11.3 Å². The lowest BCUT2D eigenvalue weighted by molar-refractivity contribution is -0.139. The number of sulfone groups is 1. The van der Waals surface area contributed by atoms with Gasteiger partial charge < -0.3 is 15.5 Å². The fraction of sp³-hybridized carbons (Fsp3) is 0.368. The van der Waals surface area contributed by atoms with Gasteiger partial charge in [-0.05, 0) is 42.0 Å². The summed E-state index contributed by atoms with van der Waals surface area (Å²) in [6.07, 6.45) is 1.74. The van der Waals surface area contributed by atoms with Crippen molar-refractivity contribution in [3.8, 4) is 0 Å². The van der Waals surface area contributed by atoms with Crippen LogP contribution in [0, 0.1) is 0 Å². The molecule has 0 spiro atoms. The van der Waals surface area contributed by atoms with Gasteiger partial charge in [-0.25, -0.2) is 8.42 Å². The van der Waals surface area contributed by atoms with Gasteiger partial charge in [0.2, 0.25) is 0 Å². The first-order chi connectivity index (χ1) is 13.3. The molecule has 1 heterocycles. The number of nitrogens with zero attached hydrogens (tertiary/aromatic N) is 1. The second-order valence-electron chi connectivity index (χ2n) is 6.91. The average Bonchev–Trinajstić information content (AvgIpc) is 3.29. The molecule has 2 amide bonds. The second-order valence-corrected chi connectivity index (χ2v) is 10.2. The Bertz CT molecular complexity index is 934. The lowest BCUT2D eigenvalue weighted by Crippen LogP contribution is -2.43. The molecule has 1 saturated carbocycles. The quantitative estimate of drug-likeness (QED) is 0.664. The Morgan fingerprint density at radius 3 is 2.36 bits per heavy atom. The molecule has 2 N–H and O–H groups in total. The van der Waals surface area contributed by atoms with Crippen LogP contribution >= 0.6 is 11.3 Å². The largest absolute Gasteiger partial charge is 0.378 e. The zero-order chi connectivity index (χ0) is 20.3. The minimum Gasteiger partial charge on any atom is -0.378 e. The van der Waals surface area contributed by atoms with E-state index in [1.54, 1.807) is 29.6 Å². The van der Waals surface area contributed by atoms with Crippen LogP contribution in [-0.2, 0) is 19.4 Å². The van der Waals surface area contributed by atoms with Crippen molar-refractivity contribution in [3.63, 3.8) is 0 Å². The molecular formula is C19H23N3O4S2. The normalized spacial score (nSPS) is 14.9. The second kappa shape index (κ2) is 8.32. The molecule has 0 aliphatic heterocycles. The first-order valence-electron chi connectivity index (χ1n) is 8.92. The molecule has 28 heavy (non-hydrogen) atoms. The molecule has 9 heteroatoms. The van der Waals surface area contributed by atoms with E-state index in [2.05, 4.69) is 10.6 Å². The molecule has 7 nitrogen and oxygen atoms in total. The maximum absolute atomic E-state index is 13.1. The summed E-state index contributed by atoms with van der Waals surface area (Å²) in [5, 5.41) is 5.79. The lowest BCUT2D eigenvalue weighted by atomic mass is 10.1. The van der Waals surface area contributed by atoms with Gasteiger partial charge in [-0.3, -0.25) is 9.59 Å². The van der Waals surface area contributed by atoms with Gasteiger partial charge in [-0.1, -0.05) is 18.2 Å². The van der Waals surface area contributed by atoms with Gasteiger partial charge in [0.25, 0.3) is 0 Å². The Hall–Kier alpha value is -2.39. The summed E-state index contributed by atoms with van der Waals surface area (Å²) in [5.74, 6) is -1.54. The molecule has 0 unspecified atom stereocenters. The first kappa shape index (κ1) is 20.3. The van der Waals surface area contributed by atoms with Crippen LogP contribution in [0.1, 0.15) is 23.7 Å². The topological polar surface area (TPSA) is 95.6 Å². The van der Waals surface area contributed by atoms with E-state index in [4.69, 9.17) is 0 Å². The molecule has 1 aliphatic carbocycles. The van der Waals surface area contributed by atoms with Crippen molar-refractivity contribution in [1.82, 2.24) is 10.6 Å². The Morgan fingerprint density at radius 1 is 1.14 bits per heavy atom.